The van der Waals surface area contributed by atoms with Gasteiger partial charge in [0.05, 0.1) is 11.9 Å². The molecular weight excluding hydrogens is 178 g/mol. The molecule has 0 radical (unpaired) electrons. The Balaban J connectivity index is 4.23. The molecule has 1 unspecified atom stereocenters. The summed E-state index contributed by atoms with van der Waals surface area (Å²) in [5, 5.41) is 8.30. The number of aliphatic hydroxyl groups is 1. The predicted molar refractivity (Wildman–Crippen MR) is 48.4 cm³/mol. The van der Waals surface area contributed by atoms with Crippen molar-refractivity contribution in [1.82, 2.24) is 4.72 Å². The van der Waals surface area contributed by atoms with E-state index in [0.29, 0.717) is 6.42 Å². The Kier molecular flexibility index (Phi) is 4.74. The van der Waals surface area contributed by atoms with E-state index in [-0.39, 0.29) is 12.6 Å². The second-order valence-electron chi connectivity index (χ2n) is 3.00. The summed E-state index contributed by atoms with van der Waals surface area (Å²) in [4.78, 5) is 0. The summed E-state index contributed by atoms with van der Waals surface area (Å²) in [5.41, 5.74) is 0. The fourth-order valence-corrected chi connectivity index (χ4v) is 1.60. The van der Waals surface area contributed by atoms with Crippen molar-refractivity contribution in [2.45, 2.75) is 38.5 Å². The summed E-state index contributed by atoms with van der Waals surface area (Å²) < 4.78 is 24.9. The van der Waals surface area contributed by atoms with Crippen LogP contribution in [0.3, 0.4) is 0 Å². The molecule has 0 aliphatic carbocycles. The number of nitrogens with one attached hydrogen (secondary N) is 1. The fourth-order valence-electron chi connectivity index (χ4n) is 0.618. The molecule has 0 aliphatic heterocycles. The number of rotatable bonds is 5. The van der Waals surface area contributed by atoms with Gasteiger partial charge in [0.1, 0.15) is 0 Å². The summed E-state index contributed by atoms with van der Waals surface area (Å²) in [6, 6.07) is -0.350. The Morgan fingerprint density at radius 1 is 1.42 bits per heavy atom. The van der Waals surface area contributed by atoms with Gasteiger partial charge in [-0.1, -0.05) is 6.92 Å². The lowest BCUT2D eigenvalue weighted by Gasteiger charge is -2.16. The number of hydrogen-bond donors (Lipinski definition) is 2. The van der Waals surface area contributed by atoms with Crippen LogP contribution in [0.5, 0.6) is 0 Å². The first-order valence-corrected chi connectivity index (χ1v) is 5.60. The molecule has 0 spiro atoms. The molecule has 0 fully saturated rings. The molecule has 0 amide bonds. The summed E-state index contributed by atoms with van der Waals surface area (Å²) in [6.45, 7) is 4.88. The Hall–Kier alpha value is -0.130. The lowest BCUT2D eigenvalue weighted by molar-refractivity contribution is 0.253. The maximum absolute atomic E-state index is 11.2. The molecule has 0 aromatic rings. The zero-order valence-electron chi connectivity index (χ0n) is 7.74. The third kappa shape index (κ3) is 3.51. The van der Waals surface area contributed by atoms with E-state index in [1.807, 2.05) is 6.92 Å². The van der Waals surface area contributed by atoms with Crippen LogP contribution < -0.4 is 4.72 Å². The second kappa shape index (κ2) is 4.79. The van der Waals surface area contributed by atoms with E-state index in [9.17, 15) is 8.42 Å². The Bertz CT molecular complexity index is 207. The van der Waals surface area contributed by atoms with Gasteiger partial charge in [0, 0.05) is 6.04 Å². The van der Waals surface area contributed by atoms with E-state index in [2.05, 4.69) is 4.72 Å². The number of aliphatic hydroxyl groups excluding tert-OH is 1. The summed E-state index contributed by atoms with van der Waals surface area (Å²) >= 11 is 0. The quantitative estimate of drug-likeness (QED) is 0.653. The molecule has 12 heavy (non-hydrogen) atoms. The van der Waals surface area contributed by atoms with Gasteiger partial charge in [-0.25, -0.2) is 13.1 Å². The third-order valence-electron chi connectivity index (χ3n) is 1.66. The molecule has 2 N–H and O–H groups in total. The molecule has 0 aliphatic rings. The van der Waals surface area contributed by atoms with Gasteiger partial charge in [0.15, 0.2) is 0 Å². The van der Waals surface area contributed by atoms with Crippen LogP contribution >= 0.6 is 0 Å². The summed E-state index contributed by atoms with van der Waals surface area (Å²) in [5.74, 6) is 0. The van der Waals surface area contributed by atoms with Gasteiger partial charge in [-0.3, -0.25) is 0 Å². The minimum atomic E-state index is -3.23. The van der Waals surface area contributed by atoms with E-state index < -0.39 is 15.3 Å². The Morgan fingerprint density at radius 2 is 1.92 bits per heavy atom. The monoisotopic (exact) mass is 195 g/mol. The van der Waals surface area contributed by atoms with Crippen molar-refractivity contribution in [3.8, 4) is 0 Å². The van der Waals surface area contributed by atoms with Crippen LogP contribution in [0.2, 0.25) is 0 Å². The molecule has 0 heterocycles. The van der Waals surface area contributed by atoms with Crippen LogP contribution in [0.1, 0.15) is 27.2 Å². The van der Waals surface area contributed by atoms with Gasteiger partial charge < -0.3 is 5.11 Å². The summed E-state index contributed by atoms with van der Waals surface area (Å²) in [6.07, 6.45) is 0.600. The fraction of sp³-hybridized carbons (Fsp3) is 1.00. The van der Waals surface area contributed by atoms with E-state index in [1.165, 1.54) is 0 Å². The first-order chi connectivity index (χ1) is 5.44. The van der Waals surface area contributed by atoms with Gasteiger partial charge in [-0.05, 0) is 20.3 Å². The maximum atomic E-state index is 11.2. The van der Waals surface area contributed by atoms with Crippen molar-refractivity contribution in [3.05, 3.63) is 0 Å². The van der Waals surface area contributed by atoms with Crippen molar-refractivity contribution in [2.24, 2.45) is 0 Å². The van der Waals surface area contributed by atoms with E-state index >= 15 is 0 Å². The van der Waals surface area contributed by atoms with Crippen LogP contribution in [0.15, 0.2) is 0 Å². The highest BCUT2D eigenvalue weighted by molar-refractivity contribution is 7.90. The molecular formula is C7H17NO3S. The minimum absolute atomic E-state index is 0.150. The third-order valence-corrected chi connectivity index (χ3v) is 3.57. The molecule has 0 saturated carbocycles. The lowest BCUT2D eigenvalue weighted by Crippen LogP contribution is -2.40. The van der Waals surface area contributed by atoms with E-state index in [1.54, 1.807) is 13.8 Å². The molecule has 4 nitrogen and oxygen atoms in total. The van der Waals surface area contributed by atoms with Gasteiger partial charge in [-0.2, -0.15) is 0 Å². The molecule has 0 saturated heterocycles. The highest BCUT2D eigenvalue weighted by Gasteiger charge is 2.19. The minimum Gasteiger partial charge on any atom is -0.395 e. The van der Waals surface area contributed by atoms with Crippen LogP contribution in [-0.4, -0.2) is 31.4 Å². The standard InChI is InChI=1S/C7H17NO3S/c1-4-7(5-9)8-12(10,11)6(2)3/h6-9H,4-5H2,1-3H3. The second-order valence-corrected chi connectivity index (χ2v) is 5.27. The number of hydrogen-bond acceptors (Lipinski definition) is 3. The lowest BCUT2D eigenvalue weighted by atomic mass is 10.3. The normalized spacial score (nSPS) is 15.1. The first-order valence-electron chi connectivity index (χ1n) is 4.06. The van der Waals surface area contributed by atoms with Crippen molar-refractivity contribution >= 4 is 10.0 Å². The van der Waals surface area contributed by atoms with Crippen LogP contribution in [0.25, 0.3) is 0 Å². The van der Waals surface area contributed by atoms with Crippen LogP contribution in [0.4, 0.5) is 0 Å². The highest BCUT2D eigenvalue weighted by atomic mass is 32.2. The molecule has 1 atom stereocenters. The largest absolute Gasteiger partial charge is 0.395 e. The van der Waals surface area contributed by atoms with Crippen molar-refractivity contribution in [3.63, 3.8) is 0 Å². The molecule has 0 bridgehead atoms. The Labute approximate surface area is 74.0 Å². The zero-order valence-corrected chi connectivity index (χ0v) is 8.56. The van der Waals surface area contributed by atoms with E-state index in [0.717, 1.165) is 0 Å². The first kappa shape index (κ1) is 11.9. The maximum Gasteiger partial charge on any atom is 0.214 e. The van der Waals surface area contributed by atoms with E-state index in [4.69, 9.17) is 5.11 Å². The van der Waals surface area contributed by atoms with Crippen LogP contribution in [0, 0.1) is 0 Å². The SMILES string of the molecule is CCC(CO)NS(=O)(=O)C(C)C. The summed E-state index contributed by atoms with van der Waals surface area (Å²) in [7, 11) is -3.23. The molecule has 0 aromatic heterocycles. The van der Waals surface area contributed by atoms with Crippen LogP contribution in [-0.2, 0) is 10.0 Å². The van der Waals surface area contributed by atoms with Gasteiger partial charge >= 0.3 is 0 Å². The smallest absolute Gasteiger partial charge is 0.214 e. The van der Waals surface area contributed by atoms with Crippen molar-refractivity contribution in [2.75, 3.05) is 6.61 Å². The zero-order chi connectivity index (χ0) is 9.78. The predicted octanol–water partition coefficient (Wildman–Crippen LogP) is 0.0851. The number of sulfonamides is 1. The average molecular weight is 195 g/mol. The average Bonchev–Trinajstić information content (AvgIpc) is 2.00. The molecule has 74 valence electrons. The van der Waals surface area contributed by atoms with Crippen molar-refractivity contribution < 1.29 is 13.5 Å². The van der Waals surface area contributed by atoms with Gasteiger partial charge in [0.25, 0.3) is 0 Å². The topological polar surface area (TPSA) is 66.4 Å². The molecule has 0 rings (SSSR count). The van der Waals surface area contributed by atoms with Gasteiger partial charge in [-0.15, -0.1) is 0 Å². The van der Waals surface area contributed by atoms with Gasteiger partial charge in [0.2, 0.25) is 10.0 Å². The Morgan fingerprint density at radius 3 is 2.17 bits per heavy atom. The molecule has 0 aromatic carbocycles. The molecule has 5 heteroatoms. The van der Waals surface area contributed by atoms with Crippen molar-refractivity contribution in [1.29, 1.82) is 0 Å². The highest BCUT2D eigenvalue weighted by Crippen LogP contribution is 1.99.